The van der Waals surface area contributed by atoms with Crippen molar-refractivity contribution in [2.45, 2.75) is 32.7 Å². The molecule has 0 radical (unpaired) electrons. The van der Waals surface area contributed by atoms with Crippen LogP contribution in [-0.2, 0) is 0 Å². The number of nitrogens with one attached hydrogen (secondary N) is 1. The van der Waals surface area contributed by atoms with Crippen molar-refractivity contribution in [1.82, 2.24) is 9.80 Å². The number of carbonyl (C=O) groups is 1. The summed E-state index contributed by atoms with van der Waals surface area (Å²) < 4.78 is 0. The van der Waals surface area contributed by atoms with E-state index in [1.54, 1.807) is 0 Å². The van der Waals surface area contributed by atoms with Crippen LogP contribution >= 0.6 is 0 Å². The molecule has 1 heterocycles. The van der Waals surface area contributed by atoms with Gasteiger partial charge >= 0.3 is 0 Å². The molecule has 0 saturated carbocycles. The lowest BCUT2D eigenvalue weighted by Gasteiger charge is -2.36. The zero-order chi connectivity index (χ0) is 15.4. The van der Waals surface area contributed by atoms with Crippen LogP contribution in [0.25, 0.3) is 0 Å². The van der Waals surface area contributed by atoms with E-state index in [0.717, 1.165) is 49.3 Å². The number of amides is 1. The van der Waals surface area contributed by atoms with Gasteiger partial charge in [0.25, 0.3) is 5.91 Å². The van der Waals surface area contributed by atoms with Crippen LogP contribution in [0.2, 0.25) is 0 Å². The fourth-order valence-electron chi connectivity index (χ4n) is 3.04. The summed E-state index contributed by atoms with van der Waals surface area (Å²) >= 11 is 0. The maximum atomic E-state index is 12.7. The molecule has 2 rings (SSSR count). The SMILES string of the molecule is CCN1CCC(N(C)C(=O)c2ccc(NC)cc2C)CC1. The van der Waals surface area contributed by atoms with Crippen LogP contribution in [0.4, 0.5) is 5.69 Å². The highest BCUT2D eigenvalue weighted by Gasteiger charge is 2.26. The summed E-state index contributed by atoms with van der Waals surface area (Å²) in [5, 5.41) is 3.11. The standard InChI is InChI=1S/C17H27N3O/c1-5-20-10-8-15(9-11-20)19(4)17(21)16-7-6-14(18-3)12-13(16)2/h6-7,12,15,18H,5,8-11H2,1-4H3. The number of likely N-dealkylation sites (tertiary alicyclic amines) is 1. The molecule has 21 heavy (non-hydrogen) atoms. The van der Waals surface area contributed by atoms with Gasteiger partial charge in [0, 0.05) is 44.5 Å². The maximum Gasteiger partial charge on any atom is 0.254 e. The number of nitrogens with zero attached hydrogens (tertiary/aromatic N) is 2. The zero-order valence-corrected chi connectivity index (χ0v) is 13.6. The van der Waals surface area contributed by atoms with Gasteiger partial charge in [0.1, 0.15) is 0 Å². The van der Waals surface area contributed by atoms with Crippen LogP contribution in [0.3, 0.4) is 0 Å². The van der Waals surface area contributed by atoms with Crippen molar-refractivity contribution < 1.29 is 4.79 Å². The molecular formula is C17H27N3O. The summed E-state index contributed by atoms with van der Waals surface area (Å²) in [6.45, 7) is 7.49. The summed E-state index contributed by atoms with van der Waals surface area (Å²) in [6.07, 6.45) is 2.15. The van der Waals surface area contributed by atoms with Crippen molar-refractivity contribution in [1.29, 1.82) is 0 Å². The normalized spacial score (nSPS) is 16.8. The predicted molar refractivity (Wildman–Crippen MR) is 88.0 cm³/mol. The van der Waals surface area contributed by atoms with Crippen LogP contribution in [0, 0.1) is 6.92 Å². The molecule has 0 unspecified atom stereocenters. The first-order chi connectivity index (χ1) is 10.1. The molecule has 1 saturated heterocycles. The van der Waals surface area contributed by atoms with Crippen LogP contribution in [0.1, 0.15) is 35.7 Å². The van der Waals surface area contributed by atoms with E-state index >= 15 is 0 Å². The van der Waals surface area contributed by atoms with Gasteiger partial charge in [-0.1, -0.05) is 6.92 Å². The molecule has 4 heteroatoms. The van der Waals surface area contributed by atoms with E-state index in [0.29, 0.717) is 6.04 Å². The molecule has 0 aliphatic carbocycles. The lowest BCUT2D eigenvalue weighted by atomic mass is 10.0. The van der Waals surface area contributed by atoms with Crippen LogP contribution in [-0.4, -0.2) is 55.5 Å². The Hall–Kier alpha value is -1.55. The van der Waals surface area contributed by atoms with E-state index in [2.05, 4.69) is 17.1 Å². The molecule has 1 aliphatic rings. The van der Waals surface area contributed by atoms with Crippen molar-refractivity contribution >= 4 is 11.6 Å². The van der Waals surface area contributed by atoms with Gasteiger partial charge in [-0.2, -0.15) is 0 Å². The number of benzene rings is 1. The van der Waals surface area contributed by atoms with E-state index in [1.165, 1.54) is 0 Å². The average Bonchev–Trinajstić information content (AvgIpc) is 2.53. The van der Waals surface area contributed by atoms with Gasteiger partial charge in [0.15, 0.2) is 0 Å². The number of piperidine rings is 1. The van der Waals surface area contributed by atoms with Crippen LogP contribution in [0.15, 0.2) is 18.2 Å². The molecule has 0 aromatic heterocycles. The van der Waals surface area contributed by atoms with Gasteiger partial charge in [-0.25, -0.2) is 0 Å². The molecule has 1 aliphatic heterocycles. The molecule has 1 aromatic rings. The van der Waals surface area contributed by atoms with Gasteiger partial charge in [0.05, 0.1) is 0 Å². The zero-order valence-electron chi connectivity index (χ0n) is 13.6. The van der Waals surface area contributed by atoms with Crippen LogP contribution < -0.4 is 5.32 Å². The fraction of sp³-hybridized carbons (Fsp3) is 0.588. The van der Waals surface area contributed by atoms with Crippen molar-refractivity contribution in [3.05, 3.63) is 29.3 Å². The summed E-state index contributed by atoms with van der Waals surface area (Å²) in [5.41, 5.74) is 2.89. The second-order valence-electron chi connectivity index (χ2n) is 5.86. The number of hydrogen-bond donors (Lipinski definition) is 1. The smallest absolute Gasteiger partial charge is 0.254 e. The molecule has 1 amide bonds. The lowest BCUT2D eigenvalue weighted by molar-refractivity contribution is 0.0646. The molecular weight excluding hydrogens is 262 g/mol. The summed E-state index contributed by atoms with van der Waals surface area (Å²) in [7, 11) is 3.84. The summed E-state index contributed by atoms with van der Waals surface area (Å²) in [5.74, 6) is 0.144. The fourth-order valence-corrected chi connectivity index (χ4v) is 3.04. The molecule has 1 N–H and O–H groups in total. The Kier molecular flexibility index (Phi) is 5.23. The molecule has 0 spiro atoms. The Morgan fingerprint density at radius 3 is 2.57 bits per heavy atom. The molecule has 4 nitrogen and oxygen atoms in total. The maximum absolute atomic E-state index is 12.7. The average molecular weight is 289 g/mol. The van der Waals surface area contributed by atoms with Crippen molar-refractivity contribution in [3.63, 3.8) is 0 Å². The van der Waals surface area contributed by atoms with Crippen LogP contribution in [0.5, 0.6) is 0 Å². The van der Waals surface area contributed by atoms with Gasteiger partial charge < -0.3 is 15.1 Å². The van der Waals surface area contributed by atoms with Crippen molar-refractivity contribution in [3.8, 4) is 0 Å². The second-order valence-corrected chi connectivity index (χ2v) is 5.86. The Balaban J connectivity index is 2.06. The minimum Gasteiger partial charge on any atom is -0.388 e. The highest BCUT2D eigenvalue weighted by Crippen LogP contribution is 2.20. The van der Waals surface area contributed by atoms with E-state index < -0.39 is 0 Å². The van der Waals surface area contributed by atoms with Gasteiger partial charge in [-0.15, -0.1) is 0 Å². The molecule has 1 fully saturated rings. The summed E-state index contributed by atoms with van der Waals surface area (Å²) in [6, 6.07) is 6.29. The van der Waals surface area contributed by atoms with E-state index in [4.69, 9.17) is 0 Å². The predicted octanol–water partition coefficient (Wildman–Crippen LogP) is 2.59. The van der Waals surface area contributed by atoms with Gasteiger partial charge in [-0.05, 0) is 50.1 Å². The minimum atomic E-state index is 0.144. The number of rotatable bonds is 4. The minimum absolute atomic E-state index is 0.144. The lowest BCUT2D eigenvalue weighted by Crippen LogP contribution is -2.45. The topological polar surface area (TPSA) is 35.6 Å². The van der Waals surface area contributed by atoms with E-state index in [1.807, 2.05) is 44.1 Å². The number of aryl methyl sites for hydroxylation is 1. The molecule has 0 bridgehead atoms. The summed E-state index contributed by atoms with van der Waals surface area (Å²) in [4.78, 5) is 17.1. The number of carbonyl (C=O) groups excluding carboxylic acids is 1. The first-order valence-corrected chi connectivity index (χ1v) is 7.84. The second kappa shape index (κ2) is 6.94. The van der Waals surface area contributed by atoms with Gasteiger partial charge in [0.2, 0.25) is 0 Å². The van der Waals surface area contributed by atoms with Crippen molar-refractivity contribution in [2.24, 2.45) is 0 Å². The van der Waals surface area contributed by atoms with Gasteiger partial charge in [-0.3, -0.25) is 4.79 Å². The Morgan fingerprint density at radius 2 is 2.05 bits per heavy atom. The Labute approximate surface area is 128 Å². The van der Waals surface area contributed by atoms with E-state index in [9.17, 15) is 4.79 Å². The third-order valence-electron chi connectivity index (χ3n) is 4.62. The quantitative estimate of drug-likeness (QED) is 0.925. The number of anilines is 1. The monoisotopic (exact) mass is 289 g/mol. The molecule has 1 aromatic carbocycles. The third-order valence-corrected chi connectivity index (χ3v) is 4.62. The first-order valence-electron chi connectivity index (χ1n) is 7.84. The Bertz CT molecular complexity index is 493. The Morgan fingerprint density at radius 1 is 1.38 bits per heavy atom. The molecule has 116 valence electrons. The number of hydrogen-bond acceptors (Lipinski definition) is 3. The van der Waals surface area contributed by atoms with Crippen molar-refractivity contribution in [2.75, 3.05) is 39.0 Å². The van der Waals surface area contributed by atoms with E-state index in [-0.39, 0.29) is 5.91 Å². The molecule has 0 atom stereocenters. The first kappa shape index (κ1) is 15.8. The highest BCUT2D eigenvalue weighted by atomic mass is 16.2. The highest BCUT2D eigenvalue weighted by molar-refractivity contribution is 5.96. The largest absolute Gasteiger partial charge is 0.388 e. The third kappa shape index (κ3) is 3.56.